The maximum Gasteiger partial charge on any atom is 0.148 e. The van der Waals surface area contributed by atoms with Crippen LogP contribution in [0.4, 0.5) is 4.39 Å². The number of hydrogen-bond donors (Lipinski definition) is 0. The fraction of sp³-hybridized carbons (Fsp3) is 0.143. The quantitative estimate of drug-likeness (QED) is 0.830. The molecule has 0 bridgehead atoms. The third-order valence-corrected chi connectivity index (χ3v) is 3.13. The van der Waals surface area contributed by atoms with E-state index in [1.54, 1.807) is 13.0 Å². The van der Waals surface area contributed by atoms with Gasteiger partial charge in [-0.25, -0.2) is 4.39 Å². The molecule has 0 aliphatic carbocycles. The van der Waals surface area contributed by atoms with Crippen molar-refractivity contribution in [1.29, 1.82) is 5.26 Å². The molecule has 0 aliphatic rings. The molecule has 0 saturated heterocycles. The van der Waals surface area contributed by atoms with Crippen LogP contribution in [-0.2, 0) is 0 Å². The number of halogens is 2. The first-order valence-electron chi connectivity index (χ1n) is 5.52. The van der Waals surface area contributed by atoms with Crippen LogP contribution in [-0.4, -0.2) is 4.98 Å². The Morgan fingerprint density at radius 2 is 2.05 bits per heavy atom. The Hall–Kier alpha value is -1.93. The van der Waals surface area contributed by atoms with Crippen molar-refractivity contribution in [2.24, 2.45) is 0 Å². The van der Waals surface area contributed by atoms with E-state index in [-0.39, 0.29) is 5.82 Å². The topological polar surface area (TPSA) is 45.9 Å². The normalized spacial score (nSPS) is 10.1. The first kappa shape index (κ1) is 13.5. The Labute approximate surface area is 118 Å². The van der Waals surface area contributed by atoms with Gasteiger partial charge in [0.25, 0.3) is 0 Å². The van der Waals surface area contributed by atoms with Crippen LogP contribution < -0.4 is 4.74 Å². The first-order chi connectivity index (χ1) is 9.01. The summed E-state index contributed by atoms with van der Waals surface area (Å²) in [5, 5.41) is 9.13. The van der Waals surface area contributed by atoms with Gasteiger partial charge in [0.15, 0.2) is 0 Å². The number of rotatable bonds is 2. The smallest absolute Gasteiger partial charge is 0.148 e. The fourth-order valence-corrected chi connectivity index (χ4v) is 2.03. The summed E-state index contributed by atoms with van der Waals surface area (Å²) in [6.45, 7) is 3.57. The molecule has 0 radical (unpaired) electrons. The van der Waals surface area contributed by atoms with Gasteiger partial charge in [0.2, 0.25) is 0 Å². The van der Waals surface area contributed by atoms with E-state index in [1.807, 2.05) is 6.92 Å². The van der Waals surface area contributed by atoms with Gasteiger partial charge in [0, 0.05) is 11.8 Å². The molecule has 0 fully saturated rings. The van der Waals surface area contributed by atoms with Gasteiger partial charge in [-0.3, -0.25) is 4.98 Å². The van der Waals surface area contributed by atoms with Crippen molar-refractivity contribution < 1.29 is 9.13 Å². The average Bonchev–Trinajstić information content (AvgIpc) is 2.33. The summed E-state index contributed by atoms with van der Waals surface area (Å²) in [4.78, 5) is 4.21. The van der Waals surface area contributed by atoms with E-state index in [9.17, 15) is 4.39 Å². The van der Waals surface area contributed by atoms with E-state index in [0.717, 1.165) is 5.69 Å². The standard InChI is InChI=1S/C14H10BrFN2O/c1-8-5-14(11(7-17)9(2)18-8)19-10-3-4-13(16)12(15)6-10/h3-6H,1-2H3. The van der Waals surface area contributed by atoms with Crippen LogP contribution in [0.5, 0.6) is 11.5 Å². The summed E-state index contributed by atoms with van der Waals surface area (Å²) >= 11 is 3.09. The fourth-order valence-electron chi connectivity index (χ4n) is 1.68. The molecule has 0 N–H and O–H groups in total. The summed E-state index contributed by atoms with van der Waals surface area (Å²) in [6.07, 6.45) is 0. The molecule has 0 saturated carbocycles. The molecule has 3 nitrogen and oxygen atoms in total. The number of aromatic nitrogens is 1. The number of nitrogens with zero attached hydrogens (tertiary/aromatic N) is 2. The van der Waals surface area contributed by atoms with E-state index >= 15 is 0 Å². The minimum absolute atomic E-state index is 0.311. The number of aryl methyl sites for hydroxylation is 2. The second-order valence-corrected chi connectivity index (χ2v) is 4.87. The number of nitriles is 1. The van der Waals surface area contributed by atoms with Gasteiger partial charge in [0.05, 0.1) is 10.2 Å². The molecule has 0 atom stereocenters. The van der Waals surface area contributed by atoms with Crippen molar-refractivity contribution in [3.8, 4) is 17.6 Å². The summed E-state index contributed by atoms with van der Waals surface area (Å²) in [5.74, 6) is 0.510. The average molecular weight is 321 g/mol. The number of hydrogen-bond acceptors (Lipinski definition) is 3. The van der Waals surface area contributed by atoms with Crippen LogP contribution in [0.3, 0.4) is 0 Å². The van der Waals surface area contributed by atoms with Crippen LogP contribution in [0, 0.1) is 31.0 Å². The first-order valence-corrected chi connectivity index (χ1v) is 6.32. The Balaban J connectivity index is 2.43. The predicted octanol–water partition coefficient (Wildman–Crippen LogP) is 4.26. The number of benzene rings is 1. The van der Waals surface area contributed by atoms with Crippen LogP contribution >= 0.6 is 15.9 Å². The highest BCUT2D eigenvalue weighted by Crippen LogP contribution is 2.29. The minimum atomic E-state index is -0.366. The highest BCUT2D eigenvalue weighted by Gasteiger charge is 2.11. The van der Waals surface area contributed by atoms with Crippen LogP contribution in [0.2, 0.25) is 0 Å². The summed E-state index contributed by atoms with van der Waals surface area (Å²) in [6, 6.07) is 8.07. The Morgan fingerprint density at radius 1 is 1.32 bits per heavy atom. The van der Waals surface area contributed by atoms with Crippen molar-refractivity contribution in [3.05, 3.63) is 51.5 Å². The van der Waals surface area contributed by atoms with Crippen molar-refractivity contribution >= 4 is 15.9 Å². The lowest BCUT2D eigenvalue weighted by Gasteiger charge is -2.10. The molecule has 1 aromatic carbocycles. The Kier molecular flexibility index (Phi) is 3.82. The molecule has 1 aromatic heterocycles. The van der Waals surface area contributed by atoms with Gasteiger partial charge in [0.1, 0.15) is 28.9 Å². The molecule has 5 heteroatoms. The summed E-state index contributed by atoms with van der Waals surface area (Å²) < 4.78 is 19.1. The lowest BCUT2D eigenvalue weighted by molar-refractivity contribution is 0.476. The second kappa shape index (κ2) is 5.37. The van der Waals surface area contributed by atoms with Crippen molar-refractivity contribution in [2.45, 2.75) is 13.8 Å². The zero-order chi connectivity index (χ0) is 14.0. The third kappa shape index (κ3) is 2.91. The third-order valence-electron chi connectivity index (χ3n) is 2.52. The van der Waals surface area contributed by atoms with Gasteiger partial charge < -0.3 is 4.74 Å². The summed E-state index contributed by atoms with van der Waals surface area (Å²) in [7, 11) is 0. The maximum atomic E-state index is 13.1. The van der Waals surface area contributed by atoms with Gasteiger partial charge in [-0.2, -0.15) is 5.26 Å². The summed E-state index contributed by atoms with van der Waals surface area (Å²) in [5.41, 5.74) is 1.75. The highest BCUT2D eigenvalue weighted by atomic mass is 79.9. The van der Waals surface area contributed by atoms with Crippen molar-refractivity contribution in [3.63, 3.8) is 0 Å². The van der Waals surface area contributed by atoms with Gasteiger partial charge in [-0.05, 0) is 48.0 Å². The van der Waals surface area contributed by atoms with E-state index in [4.69, 9.17) is 10.00 Å². The van der Waals surface area contributed by atoms with E-state index in [2.05, 4.69) is 27.0 Å². The molecule has 0 spiro atoms. The highest BCUT2D eigenvalue weighted by molar-refractivity contribution is 9.10. The SMILES string of the molecule is Cc1cc(Oc2ccc(F)c(Br)c2)c(C#N)c(C)n1. The van der Waals surface area contributed by atoms with Crippen molar-refractivity contribution in [1.82, 2.24) is 4.98 Å². The van der Waals surface area contributed by atoms with E-state index in [0.29, 0.717) is 27.2 Å². The monoisotopic (exact) mass is 320 g/mol. The lowest BCUT2D eigenvalue weighted by atomic mass is 10.2. The predicted molar refractivity (Wildman–Crippen MR) is 72.6 cm³/mol. The second-order valence-electron chi connectivity index (χ2n) is 4.01. The molecule has 0 unspecified atom stereocenters. The van der Waals surface area contributed by atoms with Crippen LogP contribution in [0.15, 0.2) is 28.7 Å². The molecule has 96 valence electrons. The largest absolute Gasteiger partial charge is 0.456 e. The maximum absolute atomic E-state index is 13.1. The Morgan fingerprint density at radius 3 is 2.68 bits per heavy atom. The molecule has 2 aromatic rings. The van der Waals surface area contributed by atoms with E-state index < -0.39 is 0 Å². The van der Waals surface area contributed by atoms with Gasteiger partial charge in [-0.15, -0.1) is 0 Å². The molecule has 19 heavy (non-hydrogen) atoms. The molecule has 1 heterocycles. The minimum Gasteiger partial charge on any atom is -0.456 e. The molecular weight excluding hydrogens is 311 g/mol. The van der Waals surface area contributed by atoms with Crippen LogP contribution in [0.1, 0.15) is 17.0 Å². The lowest BCUT2D eigenvalue weighted by Crippen LogP contribution is -1.96. The van der Waals surface area contributed by atoms with Gasteiger partial charge in [-0.1, -0.05) is 0 Å². The van der Waals surface area contributed by atoms with Crippen molar-refractivity contribution in [2.75, 3.05) is 0 Å². The molecule has 0 aliphatic heterocycles. The number of pyridine rings is 1. The molecule has 0 amide bonds. The van der Waals surface area contributed by atoms with E-state index in [1.165, 1.54) is 18.2 Å². The number of ether oxygens (including phenoxy) is 1. The molecular formula is C14H10BrFN2O. The zero-order valence-electron chi connectivity index (χ0n) is 10.4. The van der Waals surface area contributed by atoms with Crippen LogP contribution in [0.25, 0.3) is 0 Å². The zero-order valence-corrected chi connectivity index (χ0v) is 12.0. The Bertz CT molecular complexity index is 680. The molecule has 2 rings (SSSR count). The van der Waals surface area contributed by atoms with Gasteiger partial charge >= 0.3 is 0 Å².